The van der Waals surface area contributed by atoms with Crippen molar-refractivity contribution in [2.24, 2.45) is 5.41 Å². The maximum Gasteiger partial charge on any atom is 0.254 e. The lowest BCUT2D eigenvalue weighted by Gasteiger charge is -2.41. The van der Waals surface area contributed by atoms with Gasteiger partial charge >= 0.3 is 0 Å². The summed E-state index contributed by atoms with van der Waals surface area (Å²) in [6.45, 7) is 8.79. The van der Waals surface area contributed by atoms with Crippen LogP contribution in [0.15, 0.2) is 18.2 Å². The highest BCUT2D eigenvalue weighted by Gasteiger charge is 2.42. The monoisotopic (exact) mass is 512 g/mol. The maximum atomic E-state index is 13.6. The molecule has 3 heterocycles. The minimum Gasteiger partial charge on any atom is -0.381 e. The number of hydrogen-bond donors (Lipinski definition) is 2. The van der Waals surface area contributed by atoms with Crippen LogP contribution in [0.3, 0.4) is 0 Å². The van der Waals surface area contributed by atoms with E-state index in [0.717, 1.165) is 49.9 Å². The van der Waals surface area contributed by atoms with Gasteiger partial charge in [-0.1, -0.05) is 12.5 Å². The first-order valence-corrected chi connectivity index (χ1v) is 14.2. The Labute approximate surface area is 221 Å². The van der Waals surface area contributed by atoms with Crippen LogP contribution in [0.5, 0.6) is 0 Å². The molecule has 3 amide bonds. The van der Waals surface area contributed by atoms with Gasteiger partial charge in [0, 0.05) is 57.2 Å². The van der Waals surface area contributed by atoms with E-state index >= 15 is 0 Å². The average molecular weight is 513 g/mol. The number of carbonyl (C=O) groups is 3. The third-order valence-electron chi connectivity index (χ3n) is 8.42. The lowest BCUT2D eigenvalue weighted by molar-refractivity contribution is -0.137. The molecule has 3 fully saturated rings. The van der Waals surface area contributed by atoms with Crippen LogP contribution in [-0.4, -0.2) is 74.6 Å². The number of anilines is 1. The van der Waals surface area contributed by atoms with Crippen LogP contribution in [0.1, 0.15) is 80.6 Å². The third kappa shape index (κ3) is 6.64. The molecule has 0 aliphatic carbocycles. The number of nitrogens with one attached hydrogen (secondary N) is 2. The predicted octanol–water partition coefficient (Wildman–Crippen LogP) is 3.42. The zero-order valence-corrected chi connectivity index (χ0v) is 22.7. The van der Waals surface area contributed by atoms with E-state index in [9.17, 15) is 14.4 Å². The van der Waals surface area contributed by atoms with E-state index in [1.165, 1.54) is 24.9 Å². The van der Waals surface area contributed by atoms with Gasteiger partial charge in [0.1, 0.15) is 6.04 Å². The van der Waals surface area contributed by atoms with Crippen molar-refractivity contribution in [3.8, 4) is 0 Å². The molecule has 3 aliphatic heterocycles. The van der Waals surface area contributed by atoms with E-state index in [0.29, 0.717) is 45.7 Å². The number of amides is 3. The summed E-state index contributed by atoms with van der Waals surface area (Å²) < 4.78 is 5.70. The second-order valence-corrected chi connectivity index (χ2v) is 11.0. The first kappa shape index (κ1) is 27.4. The largest absolute Gasteiger partial charge is 0.381 e. The van der Waals surface area contributed by atoms with Gasteiger partial charge in [0.25, 0.3) is 5.91 Å². The highest BCUT2D eigenvalue weighted by atomic mass is 16.5. The van der Waals surface area contributed by atoms with E-state index in [4.69, 9.17) is 4.74 Å². The highest BCUT2D eigenvalue weighted by molar-refractivity contribution is 5.97. The van der Waals surface area contributed by atoms with Gasteiger partial charge in [0.2, 0.25) is 11.8 Å². The molecule has 0 bridgehead atoms. The van der Waals surface area contributed by atoms with E-state index in [2.05, 4.69) is 28.5 Å². The number of carbonyl (C=O) groups excluding carboxylic acids is 3. The van der Waals surface area contributed by atoms with Crippen LogP contribution in [0.2, 0.25) is 0 Å². The van der Waals surface area contributed by atoms with E-state index in [1.54, 1.807) is 6.92 Å². The lowest BCUT2D eigenvalue weighted by Crippen LogP contribution is -2.54. The number of ether oxygens (including phenoxy) is 1. The zero-order valence-electron chi connectivity index (χ0n) is 22.7. The van der Waals surface area contributed by atoms with Gasteiger partial charge < -0.3 is 25.2 Å². The Hall–Kier alpha value is -2.61. The molecule has 204 valence electrons. The van der Waals surface area contributed by atoms with E-state index in [-0.39, 0.29) is 17.7 Å². The molecule has 1 atom stereocenters. The molecule has 1 spiro atoms. The number of benzene rings is 1. The van der Waals surface area contributed by atoms with Crippen molar-refractivity contribution in [1.82, 2.24) is 15.5 Å². The summed E-state index contributed by atoms with van der Waals surface area (Å²) in [6, 6.07) is 5.47. The van der Waals surface area contributed by atoms with Crippen molar-refractivity contribution < 1.29 is 19.1 Å². The van der Waals surface area contributed by atoms with Crippen LogP contribution in [0, 0.1) is 12.3 Å². The molecule has 8 nitrogen and oxygen atoms in total. The second-order valence-electron chi connectivity index (χ2n) is 11.0. The fraction of sp³-hybridized carbons (Fsp3) is 0.690. The van der Waals surface area contributed by atoms with Gasteiger partial charge in [-0.05, 0) is 82.9 Å². The Morgan fingerprint density at radius 1 is 0.946 bits per heavy atom. The standard InChI is InChI=1S/C29H44N4O4/c1-22-24(10-8-11-25(22)32-16-5-3-6-17-32)27(35)33-18-13-29(14-19-33)12-4-7-20-37-21-9-15-30-26(34)23(2)31-28(29)36/h8,10-11,23H,3-7,9,12-21H2,1-2H3,(H,30,34)(H,31,36)/t23-/m0/s1. The molecular weight excluding hydrogens is 468 g/mol. The summed E-state index contributed by atoms with van der Waals surface area (Å²) in [5, 5.41) is 5.86. The molecule has 1 aromatic carbocycles. The normalized spacial score (nSPS) is 24.2. The minimum atomic E-state index is -0.590. The molecule has 37 heavy (non-hydrogen) atoms. The number of rotatable bonds is 2. The first-order chi connectivity index (χ1) is 17.9. The molecule has 0 radical (unpaired) electrons. The Balaban J connectivity index is 1.45. The smallest absolute Gasteiger partial charge is 0.254 e. The molecule has 0 unspecified atom stereocenters. The molecule has 2 N–H and O–H groups in total. The summed E-state index contributed by atoms with van der Waals surface area (Å²) >= 11 is 0. The van der Waals surface area contributed by atoms with Crippen molar-refractivity contribution in [2.45, 2.75) is 77.7 Å². The SMILES string of the molecule is Cc1c(C(=O)N2CCC3(CCCCOCCCNC(=O)[C@H](C)NC3=O)CC2)cccc1N1CCCCC1. The Morgan fingerprint density at radius 2 is 1.68 bits per heavy atom. The molecule has 8 heteroatoms. The molecule has 1 aromatic rings. The summed E-state index contributed by atoms with van der Waals surface area (Å²) in [4.78, 5) is 43.9. The van der Waals surface area contributed by atoms with Crippen molar-refractivity contribution in [1.29, 1.82) is 0 Å². The zero-order chi connectivity index (χ0) is 26.3. The molecular formula is C29H44N4O4. The third-order valence-corrected chi connectivity index (χ3v) is 8.42. The van der Waals surface area contributed by atoms with Gasteiger partial charge in [-0.3, -0.25) is 14.4 Å². The summed E-state index contributed by atoms with van der Waals surface area (Å²) in [5.74, 6) is -0.186. The van der Waals surface area contributed by atoms with Gasteiger partial charge in [-0.25, -0.2) is 0 Å². The van der Waals surface area contributed by atoms with Crippen molar-refractivity contribution in [2.75, 3.05) is 50.8 Å². The van der Waals surface area contributed by atoms with Crippen LogP contribution in [-0.2, 0) is 14.3 Å². The fourth-order valence-electron chi connectivity index (χ4n) is 5.96. The van der Waals surface area contributed by atoms with Crippen molar-refractivity contribution >= 4 is 23.4 Å². The van der Waals surface area contributed by atoms with Crippen molar-refractivity contribution in [3.05, 3.63) is 29.3 Å². The Morgan fingerprint density at radius 3 is 2.43 bits per heavy atom. The number of likely N-dealkylation sites (tertiary alicyclic amines) is 1. The predicted molar refractivity (Wildman–Crippen MR) is 145 cm³/mol. The first-order valence-electron chi connectivity index (χ1n) is 14.2. The maximum absolute atomic E-state index is 13.6. The van der Waals surface area contributed by atoms with Crippen LogP contribution < -0.4 is 15.5 Å². The highest BCUT2D eigenvalue weighted by Crippen LogP contribution is 2.38. The Kier molecular flexibility index (Phi) is 9.46. The minimum absolute atomic E-state index is 0.0497. The quantitative estimate of drug-likeness (QED) is 0.634. The van der Waals surface area contributed by atoms with Crippen LogP contribution in [0.25, 0.3) is 0 Å². The van der Waals surface area contributed by atoms with Crippen LogP contribution in [0.4, 0.5) is 5.69 Å². The van der Waals surface area contributed by atoms with Gasteiger partial charge in [0.15, 0.2) is 0 Å². The van der Waals surface area contributed by atoms with E-state index < -0.39 is 11.5 Å². The lowest BCUT2D eigenvalue weighted by atomic mass is 9.73. The van der Waals surface area contributed by atoms with Gasteiger partial charge in [-0.15, -0.1) is 0 Å². The van der Waals surface area contributed by atoms with Crippen molar-refractivity contribution in [3.63, 3.8) is 0 Å². The fourth-order valence-corrected chi connectivity index (χ4v) is 5.96. The number of piperidine rings is 2. The molecule has 3 saturated heterocycles. The van der Waals surface area contributed by atoms with Crippen LogP contribution >= 0.6 is 0 Å². The molecule has 4 rings (SSSR count). The van der Waals surface area contributed by atoms with Gasteiger partial charge in [0.05, 0.1) is 5.41 Å². The molecule has 0 aromatic heterocycles. The summed E-state index contributed by atoms with van der Waals surface area (Å²) in [6.07, 6.45) is 8.16. The topological polar surface area (TPSA) is 91.0 Å². The molecule has 0 saturated carbocycles. The van der Waals surface area contributed by atoms with Gasteiger partial charge in [-0.2, -0.15) is 0 Å². The number of nitrogens with zero attached hydrogens (tertiary/aromatic N) is 2. The van der Waals surface area contributed by atoms with E-state index in [1.807, 2.05) is 17.0 Å². The average Bonchev–Trinajstić information content (AvgIpc) is 2.92. The molecule has 3 aliphatic rings. The number of hydrogen-bond acceptors (Lipinski definition) is 5. The summed E-state index contributed by atoms with van der Waals surface area (Å²) in [7, 11) is 0. The summed E-state index contributed by atoms with van der Waals surface area (Å²) in [5.41, 5.74) is 2.40. The second kappa shape index (κ2) is 12.8. The Bertz CT molecular complexity index is 951.